The molecule has 0 saturated heterocycles. The summed E-state index contributed by atoms with van der Waals surface area (Å²) in [6.45, 7) is 1.29. The lowest BCUT2D eigenvalue weighted by atomic mass is 10.1. The molecular formula is C16H13BrFNO2. The number of hydrogen-bond acceptors (Lipinski definition) is 2. The maximum Gasteiger partial charge on any atom is 0.251 e. The summed E-state index contributed by atoms with van der Waals surface area (Å²) in [4.78, 5) is 12.1. The third-order valence-electron chi connectivity index (χ3n) is 3.43. The smallest absolute Gasteiger partial charge is 0.251 e. The molecule has 3 rings (SSSR count). The Morgan fingerprint density at radius 3 is 2.86 bits per heavy atom. The molecule has 1 N–H and O–H groups in total. The number of halogens is 2. The van der Waals surface area contributed by atoms with Crippen molar-refractivity contribution in [3.05, 3.63) is 68.9 Å². The van der Waals surface area contributed by atoms with E-state index in [9.17, 15) is 9.18 Å². The number of carbonyl (C=O) groups is 1. The largest absolute Gasteiger partial charge is 0.372 e. The molecule has 0 bridgehead atoms. The highest BCUT2D eigenvalue weighted by atomic mass is 79.9. The molecule has 2 aromatic carbocycles. The summed E-state index contributed by atoms with van der Waals surface area (Å²) in [5.41, 5.74) is 3.16. The summed E-state index contributed by atoms with van der Waals surface area (Å²) in [7, 11) is 0. The fourth-order valence-electron chi connectivity index (χ4n) is 2.27. The predicted molar refractivity (Wildman–Crippen MR) is 80.2 cm³/mol. The van der Waals surface area contributed by atoms with Crippen LogP contribution in [0.15, 0.2) is 40.9 Å². The van der Waals surface area contributed by atoms with Crippen LogP contribution in [0.1, 0.15) is 27.0 Å². The monoisotopic (exact) mass is 349 g/mol. The van der Waals surface area contributed by atoms with Gasteiger partial charge >= 0.3 is 0 Å². The lowest BCUT2D eigenvalue weighted by molar-refractivity contribution is 0.0950. The maximum atomic E-state index is 13.6. The van der Waals surface area contributed by atoms with E-state index in [0.29, 0.717) is 24.3 Å². The van der Waals surface area contributed by atoms with Crippen LogP contribution in [0, 0.1) is 5.82 Å². The van der Waals surface area contributed by atoms with Gasteiger partial charge in [0.1, 0.15) is 5.82 Å². The first kappa shape index (κ1) is 14.2. The van der Waals surface area contributed by atoms with E-state index in [4.69, 9.17) is 4.74 Å². The van der Waals surface area contributed by atoms with Gasteiger partial charge in [-0.25, -0.2) is 4.39 Å². The summed E-state index contributed by atoms with van der Waals surface area (Å²) < 4.78 is 19.7. The van der Waals surface area contributed by atoms with Gasteiger partial charge in [0.05, 0.1) is 13.2 Å². The molecule has 21 heavy (non-hydrogen) atoms. The van der Waals surface area contributed by atoms with Gasteiger partial charge in [-0.15, -0.1) is 0 Å². The fraction of sp³-hybridized carbons (Fsp3) is 0.188. The normalized spacial score (nSPS) is 13.0. The summed E-state index contributed by atoms with van der Waals surface area (Å²) in [5.74, 6) is -0.551. The molecular weight excluding hydrogens is 337 g/mol. The Morgan fingerprint density at radius 2 is 2.00 bits per heavy atom. The molecule has 0 unspecified atom stereocenters. The minimum absolute atomic E-state index is 0.150. The van der Waals surface area contributed by atoms with Crippen LogP contribution < -0.4 is 5.32 Å². The van der Waals surface area contributed by atoms with Gasteiger partial charge in [0.2, 0.25) is 0 Å². The molecule has 0 saturated carbocycles. The third kappa shape index (κ3) is 3.14. The van der Waals surface area contributed by atoms with Crippen molar-refractivity contribution in [2.45, 2.75) is 19.8 Å². The summed E-state index contributed by atoms with van der Waals surface area (Å²) >= 11 is 3.29. The molecule has 0 radical (unpaired) electrons. The molecule has 0 aliphatic carbocycles. The molecule has 108 valence electrons. The third-order valence-corrected chi connectivity index (χ3v) is 3.92. The standard InChI is InChI=1S/C16H13BrFNO2/c17-14-3-4-15(18)12(6-14)7-19-16(20)10-1-2-11-8-21-9-13(11)5-10/h1-6H,7-9H2,(H,19,20). The molecule has 1 aliphatic heterocycles. The number of carbonyl (C=O) groups excluding carboxylic acids is 1. The van der Waals surface area contributed by atoms with Gasteiger partial charge in [-0.2, -0.15) is 0 Å². The lowest BCUT2D eigenvalue weighted by Gasteiger charge is -2.08. The Morgan fingerprint density at radius 1 is 1.19 bits per heavy atom. The first-order valence-corrected chi connectivity index (χ1v) is 7.34. The fourth-order valence-corrected chi connectivity index (χ4v) is 2.68. The average molecular weight is 350 g/mol. The van der Waals surface area contributed by atoms with Crippen molar-refractivity contribution < 1.29 is 13.9 Å². The van der Waals surface area contributed by atoms with E-state index in [0.717, 1.165) is 15.6 Å². The van der Waals surface area contributed by atoms with Crippen molar-refractivity contribution in [1.82, 2.24) is 5.32 Å². The van der Waals surface area contributed by atoms with Crippen molar-refractivity contribution in [2.24, 2.45) is 0 Å². The summed E-state index contributed by atoms with van der Waals surface area (Å²) in [5, 5.41) is 2.73. The minimum atomic E-state index is -0.333. The highest BCUT2D eigenvalue weighted by Gasteiger charge is 2.14. The van der Waals surface area contributed by atoms with Gasteiger partial charge in [-0.1, -0.05) is 22.0 Å². The number of benzene rings is 2. The second kappa shape index (κ2) is 5.95. The molecule has 5 heteroatoms. The van der Waals surface area contributed by atoms with Crippen molar-refractivity contribution in [1.29, 1.82) is 0 Å². The van der Waals surface area contributed by atoms with E-state index in [-0.39, 0.29) is 18.3 Å². The number of nitrogens with one attached hydrogen (secondary N) is 1. The maximum absolute atomic E-state index is 13.6. The van der Waals surface area contributed by atoms with Crippen LogP contribution >= 0.6 is 15.9 Å². The van der Waals surface area contributed by atoms with Crippen LogP contribution in [0.2, 0.25) is 0 Å². The second-order valence-electron chi connectivity index (χ2n) is 4.89. The van der Waals surface area contributed by atoms with E-state index in [1.54, 1.807) is 18.2 Å². The number of ether oxygens (including phenoxy) is 1. The Bertz CT molecular complexity index is 703. The number of rotatable bonds is 3. The quantitative estimate of drug-likeness (QED) is 0.920. The minimum Gasteiger partial charge on any atom is -0.372 e. The predicted octanol–water partition coefficient (Wildman–Crippen LogP) is 3.55. The molecule has 1 heterocycles. The zero-order valence-electron chi connectivity index (χ0n) is 11.2. The average Bonchev–Trinajstić information content (AvgIpc) is 2.95. The number of amides is 1. The number of fused-ring (bicyclic) bond motifs is 1. The Labute approximate surface area is 130 Å². The highest BCUT2D eigenvalue weighted by molar-refractivity contribution is 9.10. The zero-order chi connectivity index (χ0) is 14.8. The molecule has 0 atom stereocenters. The Balaban J connectivity index is 1.70. The van der Waals surface area contributed by atoms with Crippen molar-refractivity contribution >= 4 is 21.8 Å². The summed E-state index contributed by atoms with van der Waals surface area (Å²) in [6, 6.07) is 10.2. The van der Waals surface area contributed by atoms with Gasteiger partial charge in [0, 0.05) is 22.1 Å². The van der Waals surface area contributed by atoms with E-state index < -0.39 is 0 Å². The first-order chi connectivity index (χ1) is 10.1. The Kier molecular flexibility index (Phi) is 4.03. The molecule has 0 aromatic heterocycles. The van der Waals surface area contributed by atoms with Gasteiger partial charge in [-0.05, 0) is 41.5 Å². The second-order valence-corrected chi connectivity index (χ2v) is 5.81. The van der Waals surface area contributed by atoms with Crippen LogP contribution in [-0.4, -0.2) is 5.91 Å². The van der Waals surface area contributed by atoms with Gasteiger partial charge in [0.15, 0.2) is 0 Å². The highest BCUT2D eigenvalue weighted by Crippen LogP contribution is 2.21. The SMILES string of the molecule is O=C(NCc1cc(Br)ccc1F)c1ccc2c(c1)COC2. The van der Waals surface area contributed by atoms with E-state index in [1.807, 2.05) is 12.1 Å². The van der Waals surface area contributed by atoms with Crippen LogP contribution in [0.5, 0.6) is 0 Å². The topological polar surface area (TPSA) is 38.3 Å². The Hall–Kier alpha value is -1.72. The van der Waals surface area contributed by atoms with Gasteiger partial charge in [0.25, 0.3) is 5.91 Å². The van der Waals surface area contributed by atoms with Crippen molar-refractivity contribution in [2.75, 3.05) is 0 Å². The summed E-state index contributed by atoms with van der Waals surface area (Å²) in [6.07, 6.45) is 0. The van der Waals surface area contributed by atoms with Crippen LogP contribution in [0.25, 0.3) is 0 Å². The van der Waals surface area contributed by atoms with E-state index in [1.165, 1.54) is 6.07 Å². The first-order valence-electron chi connectivity index (χ1n) is 6.55. The van der Waals surface area contributed by atoms with Gasteiger partial charge in [-0.3, -0.25) is 4.79 Å². The van der Waals surface area contributed by atoms with E-state index >= 15 is 0 Å². The molecule has 0 spiro atoms. The van der Waals surface area contributed by atoms with Crippen LogP contribution in [0.3, 0.4) is 0 Å². The molecule has 2 aromatic rings. The van der Waals surface area contributed by atoms with Crippen molar-refractivity contribution in [3.8, 4) is 0 Å². The van der Waals surface area contributed by atoms with E-state index in [2.05, 4.69) is 21.2 Å². The zero-order valence-corrected chi connectivity index (χ0v) is 12.7. The molecule has 1 amide bonds. The van der Waals surface area contributed by atoms with Crippen molar-refractivity contribution in [3.63, 3.8) is 0 Å². The van der Waals surface area contributed by atoms with Gasteiger partial charge < -0.3 is 10.1 Å². The number of hydrogen-bond donors (Lipinski definition) is 1. The molecule has 3 nitrogen and oxygen atoms in total. The van der Waals surface area contributed by atoms with Crippen LogP contribution in [0.4, 0.5) is 4.39 Å². The molecule has 1 aliphatic rings. The lowest BCUT2D eigenvalue weighted by Crippen LogP contribution is -2.23. The van der Waals surface area contributed by atoms with Crippen LogP contribution in [-0.2, 0) is 24.5 Å². The molecule has 0 fully saturated rings.